The molecular weight excluding hydrogens is 241 g/mol. The highest BCUT2D eigenvalue weighted by Crippen LogP contribution is 2.28. The van der Waals surface area contributed by atoms with Crippen LogP contribution in [0.3, 0.4) is 0 Å². The average molecular weight is 263 g/mol. The number of fused-ring (bicyclic) bond motifs is 1. The number of hydrogen-bond acceptors (Lipinski definition) is 3. The normalized spacial score (nSPS) is 20.4. The van der Waals surface area contributed by atoms with Crippen LogP contribution in [0.1, 0.15) is 12.0 Å². The van der Waals surface area contributed by atoms with Crippen molar-refractivity contribution < 1.29 is 4.39 Å². The van der Waals surface area contributed by atoms with Gasteiger partial charge in [0.2, 0.25) is 0 Å². The van der Waals surface area contributed by atoms with Crippen LogP contribution >= 0.6 is 0 Å². The largest absolute Gasteiger partial charge is 0.370 e. The maximum atomic E-state index is 13.3. The lowest BCUT2D eigenvalue weighted by Gasteiger charge is -2.25. The number of hydrogen-bond donors (Lipinski definition) is 1. The van der Waals surface area contributed by atoms with E-state index in [2.05, 4.69) is 15.1 Å². The fourth-order valence-electron chi connectivity index (χ4n) is 3.04. The van der Waals surface area contributed by atoms with Gasteiger partial charge in [-0.15, -0.1) is 0 Å². The van der Waals surface area contributed by atoms with Crippen molar-refractivity contribution in [1.82, 2.24) is 10.2 Å². The summed E-state index contributed by atoms with van der Waals surface area (Å²) in [6.07, 6.45) is 2.28. The Labute approximate surface area is 114 Å². The molecular formula is C15H22FN3. The third-order valence-electron chi connectivity index (χ3n) is 4.16. The van der Waals surface area contributed by atoms with E-state index < -0.39 is 0 Å². The standard InChI is InChI=1S/C15H22FN3/c16-14-3-2-13-4-8-19(15(13)12-14)11-10-18-7-1-5-17-6-9-18/h2-3,12,17H,1,4-11H2. The molecule has 0 radical (unpaired) electrons. The van der Waals surface area contributed by atoms with Gasteiger partial charge < -0.3 is 15.1 Å². The molecule has 0 saturated carbocycles. The predicted octanol–water partition coefficient (Wildman–Crippen LogP) is 1.48. The number of benzene rings is 1. The van der Waals surface area contributed by atoms with E-state index in [0.29, 0.717) is 0 Å². The first-order valence-corrected chi connectivity index (χ1v) is 7.29. The van der Waals surface area contributed by atoms with Crippen LogP contribution in [0, 0.1) is 5.82 Å². The molecule has 1 aromatic rings. The van der Waals surface area contributed by atoms with Gasteiger partial charge in [0.25, 0.3) is 0 Å². The Bertz CT molecular complexity index is 427. The minimum atomic E-state index is -0.121. The Hall–Kier alpha value is -1.13. The number of nitrogens with zero attached hydrogens (tertiary/aromatic N) is 2. The summed E-state index contributed by atoms with van der Waals surface area (Å²) in [4.78, 5) is 4.84. The molecule has 104 valence electrons. The molecule has 1 N–H and O–H groups in total. The van der Waals surface area contributed by atoms with Crippen molar-refractivity contribution in [2.75, 3.05) is 50.7 Å². The summed E-state index contributed by atoms with van der Waals surface area (Å²) >= 11 is 0. The monoisotopic (exact) mass is 263 g/mol. The van der Waals surface area contributed by atoms with Gasteiger partial charge in [0.05, 0.1) is 0 Å². The van der Waals surface area contributed by atoms with E-state index in [1.165, 1.54) is 18.5 Å². The van der Waals surface area contributed by atoms with Gasteiger partial charge >= 0.3 is 0 Å². The van der Waals surface area contributed by atoms with Crippen LogP contribution in [0.25, 0.3) is 0 Å². The van der Waals surface area contributed by atoms with Gasteiger partial charge in [-0.2, -0.15) is 0 Å². The van der Waals surface area contributed by atoms with Crippen LogP contribution in [0.5, 0.6) is 0 Å². The summed E-state index contributed by atoms with van der Waals surface area (Å²) in [6, 6.07) is 5.19. The second-order valence-corrected chi connectivity index (χ2v) is 5.46. The van der Waals surface area contributed by atoms with E-state index in [4.69, 9.17) is 0 Å². The van der Waals surface area contributed by atoms with E-state index in [1.807, 2.05) is 6.07 Å². The molecule has 2 aliphatic rings. The third-order valence-corrected chi connectivity index (χ3v) is 4.16. The molecule has 2 aliphatic heterocycles. The maximum absolute atomic E-state index is 13.3. The van der Waals surface area contributed by atoms with Crippen molar-refractivity contribution in [2.24, 2.45) is 0 Å². The summed E-state index contributed by atoms with van der Waals surface area (Å²) < 4.78 is 13.3. The summed E-state index contributed by atoms with van der Waals surface area (Å²) in [7, 11) is 0. The van der Waals surface area contributed by atoms with Crippen LogP contribution in [-0.4, -0.2) is 50.7 Å². The van der Waals surface area contributed by atoms with Crippen molar-refractivity contribution in [1.29, 1.82) is 0 Å². The van der Waals surface area contributed by atoms with E-state index >= 15 is 0 Å². The fourth-order valence-corrected chi connectivity index (χ4v) is 3.04. The Balaban J connectivity index is 1.58. The zero-order chi connectivity index (χ0) is 13.1. The van der Waals surface area contributed by atoms with Crippen molar-refractivity contribution in [3.05, 3.63) is 29.6 Å². The minimum absolute atomic E-state index is 0.121. The molecule has 1 aromatic carbocycles. The van der Waals surface area contributed by atoms with Crippen molar-refractivity contribution in [3.8, 4) is 0 Å². The van der Waals surface area contributed by atoms with Gasteiger partial charge in [0.15, 0.2) is 0 Å². The van der Waals surface area contributed by atoms with Crippen LogP contribution in [0.15, 0.2) is 18.2 Å². The lowest BCUT2D eigenvalue weighted by Crippen LogP contribution is -2.36. The number of rotatable bonds is 3. The molecule has 19 heavy (non-hydrogen) atoms. The predicted molar refractivity (Wildman–Crippen MR) is 76.2 cm³/mol. The Kier molecular flexibility index (Phi) is 3.99. The topological polar surface area (TPSA) is 18.5 Å². The molecule has 0 aromatic heterocycles. The van der Waals surface area contributed by atoms with E-state index in [1.54, 1.807) is 12.1 Å². The smallest absolute Gasteiger partial charge is 0.125 e. The zero-order valence-corrected chi connectivity index (χ0v) is 11.4. The van der Waals surface area contributed by atoms with E-state index in [-0.39, 0.29) is 5.82 Å². The maximum Gasteiger partial charge on any atom is 0.125 e. The number of nitrogens with one attached hydrogen (secondary N) is 1. The fraction of sp³-hybridized carbons (Fsp3) is 0.600. The molecule has 1 saturated heterocycles. The summed E-state index contributed by atoms with van der Waals surface area (Å²) in [6.45, 7) is 7.65. The SMILES string of the molecule is Fc1ccc2c(c1)N(CCN1CCCNCC1)CC2. The van der Waals surface area contributed by atoms with Crippen molar-refractivity contribution >= 4 is 5.69 Å². The molecule has 0 amide bonds. The van der Waals surface area contributed by atoms with Crippen LogP contribution in [-0.2, 0) is 6.42 Å². The molecule has 0 unspecified atom stereocenters. The molecule has 0 atom stereocenters. The lowest BCUT2D eigenvalue weighted by molar-refractivity contribution is 0.298. The molecule has 0 aliphatic carbocycles. The van der Waals surface area contributed by atoms with Gasteiger partial charge in [0.1, 0.15) is 5.82 Å². The van der Waals surface area contributed by atoms with E-state index in [0.717, 1.165) is 51.4 Å². The molecule has 3 rings (SSSR count). The Morgan fingerprint density at radius 3 is 3.00 bits per heavy atom. The summed E-state index contributed by atoms with van der Waals surface area (Å²) in [5, 5.41) is 3.42. The average Bonchev–Trinajstić information content (AvgIpc) is 2.63. The highest BCUT2D eigenvalue weighted by Gasteiger charge is 2.20. The van der Waals surface area contributed by atoms with Crippen molar-refractivity contribution in [3.63, 3.8) is 0 Å². The van der Waals surface area contributed by atoms with Crippen LogP contribution in [0.2, 0.25) is 0 Å². The highest BCUT2D eigenvalue weighted by atomic mass is 19.1. The molecule has 0 spiro atoms. The number of anilines is 1. The second-order valence-electron chi connectivity index (χ2n) is 5.46. The lowest BCUT2D eigenvalue weighted by atomic mass is 10.2. The number of halogens is 1. The quantitative estimate of drug-likeness (QED) is 0.891. The second kappa shape index (κ2) is 5.88. The first kappa shape index (κ1) is 12.9. The third kappa shape index (κ3) is 3.07. The van der Waals surface area contributed by atoms with Gasteiger partial charge in [-0.3, -0.25) is 0 Å². The Morgan fingerprint density at radius 2 is 2.05 bits per heavy atom. The summed E-state index contributed by atoms with van der Waals surface area (Å²) in [5.41, 5.74) is 2.40. The Morgan fingerprint density at radius 1 is 1.11 bits per heavy atom. The van der Waals surface area contributed by atoms with Gasteiger partial charge in [-0.05, 0) is 43.6 Å². The van der Waals surface area contributed by atoms with Gasteiger partial charge in [0, 0.05) is 38.4 Å². The zero-order valence-electron chi connectivity index (χ0n) is 11.4. The van der Waals surface area contributed by atoms with E-state index in [9.17, 15) is 4.39 Å². The first-order valence-electron chi connectivity index (χ1n) is 7.29. The van der Waals surface area contributed by atoms with Gasteiger partial charge in [-0.1, -0.05) is 6.07 Å². The molecule has 4 heteroatoms. The molecule has 3 nitrogen and oxygen atoms in total. The van der Waals surface area contributed by atoms with Crippen LogP contribution in [0.4, 0.5) is 10.1 Å². The highest BCUT2D eigenvalue weighted by molar-refractivity contribution is 5.58. The summed E-state index contributed by atoms with van der Waals surface area (Å²) in [5.74, 6) is -0.121. The van der Waals surface area contributed by atoms with Crippen LogP contribution < -0.4 is 10.2 Å². The molecule has 1 fully saturated rings. The minimum Gasteiger partial charge on any atom is -0.370 e. The van der Waals surface area contributed by atoms with Crippen molar-refractivity contribution in [2.45, 2.75) is 12.8 Å². The molecule has 2 heterocycles. The first-order chi connectivity index (χ1) is 9.33. The van der Waals surface area contributed by atoms with Gasteiger partial charge in [-0.25, -0.2) is 4.39 Å². The molecule has 0 bridgehead atoms.